The van der Waals surface area contributed by atoms with Gasteiger partial charge in [-0.15, -0.1) is 0 Å². The smallest absolute Gasteiger partial charge is 0.0625 e. The van der Waals surface area contributed by atoms with Crippen LogP contribution in [0, 0.1) is 6.92 Å². The van der Waals surface area contributed by atoms with Crippen LogP contribution in [0.2, 0.25) is 0 Å². The van der Waals surface area contributed by atoms with E-state index < -0.39 is 0 Å². The fourth-order valence-corrected chi connectivity index (χ4v) is 2.76. The second kappa shape index (κ2) is 4.45. The van der Waals surface area contributed by atoms with Crippen LogP contribution < -0.4 is 0 Å². The molecule has 1 aromatic heterocycles. The van der Waals surface area contributed by atoms with Crippen LogP contribution in [0.5, 0.6) is 0 Å². The van der Waals surface area contributed by atoms with E-state index in [4.69, 9.17) is 5.10 Å². The van der Waals surface area contributed by atoms with Gasteiger partial charge in [-0.05, 0) is 52.6 Å². The zero-order valence-corrected chi connectivity index (χ0v) is 11.8. The Morgan fingerprint density at radius 3 is 2.71 bits per heavy atom. The zero-order chi connectivity index (χ0) is 12.6. The quantitative estimate of drug-likeness (QED) is 0.786. The average Bonchev–Trinajstić information content (AvgIpc) is 2.63. The number of hydrogen-bond donors (Lipinski definition) is 0. The standard InChI is InChI=1S/C14H25N3/c1-6-12-10-17(15-11(12)2)13-7-8-16(5)14(3,4)9-13/h10,13H,6-9H2,1-5H3. The maximum Gasteiger partial charge on any atom is 0.0625 e. The van der Waals surface area contributed by atoms with Gasteiger partial charge in [0.05, 0.1) is 11.7 Å². The second-order valence-corrected chi connectivity index (χ2v) is 5.95. The second-order valence-electron chi connectivity index (χ2n) is 5.95. The van der Waals surface area contributed by atoms with Gasteiger partial charge in [0, 0.05) is 18.3 Å². The first-order valence-electron chi connectivity index (χ1n) is 6.70. The fraction of sp³-hybridized carbons (Fsp3) is 0.786. The monoisotopic (exact) mass is 235 g/mol. The number of aryl methyl sites for hydroxylation is 2. The Balaban J connectivity index is 2.18. The molecule has 1 aromatic rings. The summed E-state index contributed by atoms with van der Waals surface area (Å²) in [6.07, 6.45) is 5.74. The van der Waals surface area contributed by atoms with Crippen molar-refractivity contribution >= 4 is 0 Å². The maximum atomic E-state index is 4.69. The van der Waals surface area contributed by atoms with Crippen LogP contribution in [0.15, 0.2) is 6.20 Å². The van der Waals surface area contributed by atoms with Crippen molar-refractivity contribution in [2.45, 2.75) is 58.5 Å². The van der Waals surface area contributed by atoms with E-state index in [1.54, 1.807) is 0 Å². The minimum Gasteiger partial charge on any atom is -0.301 e. The SMILES string of the molecule is CCc1cn(C2CCN(C)C(C)(C)C2)nc1C. The number of piperidine rings is 1. The van der Waals surface area contributed by atoms with Crippen molar-refractivity contribution in [2.75, 3.05) is 13.6 Å². The molecule has 17 heavy (non-hydrogen) atoms. The molecular weight excluding hydrogens is 210 g/mol. The van der Waals surface area contributed by atoms with Gasteiger partial charge in [-0.2, -0.15) is 5.10 Å². The lowest BCUT2D eigenvalue weighted by molar-refractivity contribution is 0.0717. The summed E-state index contributed by atoms with van der Waals surface area (Å²) in [7, 11) is 2.22. The first-order valence-corrected chi connectivity index (χ1v) is 6.70. The highest BCUT2D eigenvalue weighted by molar-refractivity contribution is 5.15. The van der Waals surface area contributed by atoms with Crippen molar-refractivity contribution < 1.29 is 0 Å². The van der Waals surface area contributed by atoms with Crippen LogP contribution in [0.1, 0.15) is 50.9 Å². The minimum atomic E-state index is 0.287. The molecule has 3 heteroatoms. The molecule has 0 amide bonds. The van der Waals surface area contributed by atoms with Gasteiger partial charge in [0.1, 0.15) is 0 Å². The predicted octanol–water partition coefficient (Wildman–Crippen LogP) is 2.80. The number of hydrogen-bond acceptors (Lipinski definition) is 2. The van der Waals surface area contributed by atoms with Crippen LogP contribution in [0.25, 0.3) is 0 Å². The van der Waals surface area contributed by atoms with E-state index in [-0.39, 0.29) is 5.54 Å². The molecule has 1 aliphatic heterocycles. The van der Waals surface area contributed by atoms with Crippen LogP contribution in [0.4, 0.5) is 0 Å². The molecule has 1 aliphatic rings. The third kappa shape index (κ3) is 2.39. The molecule has 2 heterocycles. The molecule has 0 N–H and O–H groups in total. The highest BCUT2D eigenvalue weighted by Gasteiger charge is 2.33. The minimum absolute atomic E-state index is 0.287. The summed E-state index contributed by atoms with van der Waals surface area (Å²) < 4.78 is 2.21. The summed E-state index contributed by atoms with van der Waals surface area (Å²) in [5.41, 5.74) is 2.88. The van der Waals surface area contributed by atoms with E-state index in [2.05, 4.69) is 50.5 Å². The Morgan fingerprint density at radius 1 is 1.47 bits per heavy atom. The summed E-state index contributed by atoms with van der Waals surface area (Å²) in [6.45, 7) is 10.1. The first-order chi connectivity index (χ1) is 7.94. The number of rotatable bonds is 2. The Hall–Kier alpha value is -0.830. The highest BCUT2D eigenvalue weighted by atomic mass is 15.3. The third-order valence-corrected chi connectivity index (χ3v) is 4.34. The topological polar surface area (TPSA) is 21.1 Å². The molecule has 0 saturated carbocycles. The molecule has 96 valence electrons. The van der Waals surface area contributed by atoms with Crippen LogP contribution >= 0.6 is 0 Å². The zero-order valence-electron chi connectivity index (χ0n) is 11.8. The number of likely N-dealkylation sites (tertiary alicyclic amines) is 1. The van der Waals surface area contributed by atoms with Crippen molar-refractivity contribution in [1.82, 2.24) is 14.7 Å². The highest BCUT2D eigenvalue weighted by Crippen LogP contribution is 2.33. The van der Waals surface area contributed by atoms with Crippen molar-refractivity contribution in [3.8, 4) is 0 Å². The van der Waals surface area contributed by atoms with Gasteiger partial charge in [-0.3, -0.25) is 4.68 Å². The normalized spacial score (nSPS) is 25.1. The Kier molecular flexibility index (Phi) is 3.30. The average molecular weight is 235 g/mol. The molecule has 0 aromatic carbocycles. The molecule has 2 rings (SSSR count). The summed E-state index contributed by atoms with van der Waals surface area (Å²) in [5.74, 6) is 0. The van der Waals surface area contributed by atoms with E-state index in [1.807, 2.05) is 0 Å². The Bertz CT molecular complexity index is 392. The molecule has 0 spiro atoms. The summed E-state index contributed by atoms with van der Waals surface area (Å²) in [6, 6.07) is 0.570. The van der Waals surface area contributed by atoms with E-state index >= 15 is 0 Å². The van der Waals surface area contributed by atoms with E-state index in [1.165, 1.54) is 24.1 Å². The van der Waals surface area contributed by atoms with E-state index in [9.17, 15) is 0 Å². The van der Waals surface area contributed by atoms with Gasteiger partial charge >= 0.3 is 0 Å². The number of aromatic nitrogens is 2. The van der Waals surface area contributed by atoms with E-state index in [0.717, 1.165) is 13.0 Å². The van der Waals surface area contributed by atoms with Gasteiger partial charge in [0.2, 0.25) is 0 Å². The molecule has 0 bridgehead atoms. The van der Waals surface area contributed by atoms with Crippen LogP contribution in [0.3, 0.4) is 0 Å². The van der Waals surface area contributed by atoms with Gasteiger partial charge in [0.15, 0.2) is 0 Å². The van der Waals surface area contributed by atoms with Crippen molar-refractivity contribution in [3.63, 3.8) is 0 Å². The molecule has 3 nitrogen and oxygen atoms in total. The maximum absolute atomic E-state index is 4.69. The first kappa shape index (κ1) is 12.6. The molecule has 1 saturated heterocycles. The molecule has 1 atom stereocenters. The van der Waals surface area contributed by atoms with Crippen molar-refractivity contribution in [2.24, 2.45) is 0 Å². The lowest BCUT2D eigenvalue weighted by Gasteiger charge is -2.43. The molecular formula is C14H25N3. The predicted molar refractivity (Wildman–Crippen MR) is 71.3 cm³/mol. The summed E-state index contributed by atoms with van der Waals surface area (Å²) in [5, 5.41) is 4.69. The third-order valence-electron chi connectivity index (χ3n) is 4.34. The van der Waals surface area contributed by atoms with Crippen molar-refractivity contribution in [1.29, 1.82) is 0 Å². The number of nitrogens with zero attached hydrogens (tertiary/aromatic N) is 3. The fourth-order valence-electron chi connectivity index (χ4n) is 2.76. The van der Waals surface area contributed by atoms with Gasteiger partial charge in [0.25, 0.3) is 0 Å². The molecule has 1 unspecified atom stereocenters. The van der Waals surface area contributed by atoms with Crippen LogP contribution in [-0.4, -0.2) is 33.8 Å². The van der Waals surface area contributed by atoms with Crippen molar-refractivity contribution in [3.05, 3.63) is 17.5 Å². The molecule has 1 fully saturated rings. The van der Waals surface area contributed by atoms with Gasteiger partial charge in [-0.1, -0.05) is 6.92 Å². The van der Waals surface area contributed by atoms with Crippen LogP contribution in [-0.2, 0) is 6.42 Å². The lowest BCUT2D eigenvalue weighted by atomic mass is 9.87. The summed E-state index contributed by atoms with van der Waals surface area (Å²) >= 11 is 0. The molecule has 0 radical (unpaired) electrons. The van der Waals surface area contributed by atoms with Gasteiger partial charge in [-0.25, -0.2) is 0 Å². The Morgan fingerprint density at radius 2 is 2.18 bits per heavy atom. The molecule has 0 aliphatic carbocycles. The Labute approximate surface area is 105 Å². The summed E-state index contributed by atoms with van der Waals surface area (Å²) in [4.78, 5) is 2.46. The van der Waals surface area contributed by atoms with Gasteiger partial charge < -0.3 is 4.90 Å². The lowest BCUT2D eigenvalue weighted by Crippen LogP contribution is -2.47. The van der Waals surface area contributed by atoms with E-state index in [0.29, 0.717) is 6.04 Å². The largest absolute Gasteiger partial charge is 0.301 e.